The van der Waals surface area contributed by atoms with Gasteiger partial charge in [-0.25, -0.2) is 0 Å². The summed E-state index contributed by atoms with van der Waals surface area (Å²) in [6.07, 6.45) is 7.15. The lowest BCUT2D eigenvalue weighted by molar-refractivity contribution is -0.00783. The third kappa shape index (κ3) is 2.29. The summed E-state index contributed by atoms with van der Waals surface area (Å²) in [5.41, 5.74) is 0. The highest BCUT2D eigenvalue weighted by atomic mass is 16.5. The van der Waals surface area contributed by atoms with Crippen molar-refractivity contribution < 1.29 is 4.74 Å². The molecule has 1 saturated carbocycles. The van der Waals surface area contributed by atoms with Crippen molar-refractivity contribution >= 4 is 0 Å². The number of nitrogens with zero attached hydrogens (tertiary/aromatic N) is 1. The third-order valence-electron chi connectivity index (χ3n) is 3.91. The Balaban J connectivity index is 1.91. The summed E-state index contributed by atoms with van der Waals surface area (Å²) in [5.74, 6) is 0.960. The van der Waals surface area contributed by atoms with Crippen molar-refractivity contribution in [3.05, 3.63) is 0 Å². The van der Waals surface area contributed by atoms with E-state index in [4.69, 9.17) is 4.74 Å². The minimum absolute atomic E-state index is 0.873. The van der Waals surface area contributed by atoms with E-state index in [1.54, 1.807) is 0 Å². The summed E-state index contributed by atoms with van der Waals surface area (Å²) in [6.45, 7) is 6.59. The summed E-state index contributed by atoms with van der Waals surface area (Å²) in [6, 6.07) is 0.873. The summed E-state index contributed by atoms with van der Waals surface area (Å²) in [5, 5.41) is 0. The summed E-state index contributed by atoms with van der Waals surface area (Å²) in [4.78, 5) is 2.68. The van der Waals surface area contributed by atoms with Crippen LogP contribution in [0.15, 0.2) is 0 Å². The Kier molecular flexibility index (Phi) is 3.82. The van der Waals surface area contributed by atoms with Crippen LogP contribution in [0.4, 0.5) is 0 Å². The van der Waals surface area contributed by atoms with Gasteiger partial charge in [-0.3, -0.25) is 4.90 Å². The zero-order valence-corrected chi connectivity index (χ0v) is 9.37. The first-order valence-corrected chi connectivity index (χ1v) is 6.23. The van der Waals surface area contributed by atoms with Gasteiger partial charge < -0.3 is 4.74 Å². The quantitative estimate of drug-likeness (QED) is 0.673. The molecule has 0 aromatic rings. The van der Waals surface area contributed by atoms with E-state index in [0.717, 1.165) is 25.2 Å². The van der Waals surface area contributed by atoms with E-state index in [-0.39, 0.29) is 0 Å². The Morgan fingerprint density at radius 3 is 2.57 bits per heavy atom. The van der Waals surface area contributed by atoms with Crippen LogP contribution in [0.1, 0.15) is 39.0 Å². The highest BCUT2D eigenvalue weighted by Gasteiger charge is 2.29. The van der Waals surface area contributed by atoms with Gasteiger partial charge in [0.25, 0.3) is 0 Å². The van der Waals surface area contributed by atoms with Crippen LogP contribution >= 0.6 is 0 Å². The van der Waals surface area contributed by atoms with Crippen molar-refractivity contribution in [2.24, 2.45) is 5.92 Å². The molecule has 0 radical (unpaired) electrons. The fourth-order valence-electron chi connectivity index (χ4n) is 3.05. The number of hydrogen-bond acceptors (Lipinski definition) is 2. The van der Waals surface area contributed by atoms with E-state index in [0.29, 0.717) is 0 Å². The van der Waals surface area contributed by atoms with Crippen LogP contribution in [0, 0.1) is 5.92 Å². The van der Waals surface area contributed by atoms with Gasteiger partial charge in [0, 0.05) is 19.1 Å². The molecule has 0 N–H and O–H groups in total. The van der Waals surface area contributed by atoms with Crippen LogP contribution in [0.2, 0.25) is 0 Å². The molecule has 2 unspecified atom stereocenters. The van der Waals surface area contributed by atoms with Crippen molar-refractivity contribution in [3.63, 3.8) is 0 Å². The van der Waals surface area contributed by atoms with Crippen molar-refractivity contribution in [3.8, 4) is 0 Å². The van der Waals surface area contributed by atoms with Gasteiger partial charge in [0.05, 0.1) is 13.2 Å². The van der Waals surface area contributed by atoms with E-state index in [2.05, 4.69) is 11.8 Å². The molecule has 0 aromatic heterocycles. The number of rotatable bonds is 2. The maximum Gasteiger partial charge on any atom is 0.0594 e. The Morgan fingerprint density at radius 2 is 1.86 bits per heavy atom. The summed E-state index contributed by atoms with van der Waals surface area (Å²) in [7, 11) is 0. The summed E-state index contributed by atoms with van der Waals surface area (Å²) < 4.78 is 5.42. The fourth-order valence-corrected chi connectivity index (χ4v) is 3.05. The van der Waals surface area contributed by atoms with Gasteiger partial charge in [0.1, 0.15) is 0 Å². The van der Waals surface area contributed by atoms with Crippen LogP contribution in [-0.2, 0) is 4.74 Å². The van der Waals surface area contributed by atoms with Crippen LogP contribution < -0.4 is 0 Å². The van der Waals surface area contributed by atoms with Gasteiger partial charge in [-0.2, -0.15) is 0 Å². The second kappa shape index (κ2) is 5.13. The molecule has 0 spiro atoms. The predicted octanol–water partition coefficient (Wildman–Crippen LogP) is 2.29. The van der Waals surface area contributed by atoms with Crippen molar-refractivity contribution in [1.29, 1.82) is 0 Å². The molecule has 2 atom stereocenters. The highest BCUT2D eigenvalue weighted by Crippen LogP contribution is 2.30. The number of ether oxygens (including phenoxy) is 1. The lowest BCUT2D eigenvalue weighted by Gasteiger charge is -2.41. The Morgan fingerprint density at radius 1 is 1.14 bits per heavy atom. The second-order valence-corrected chi connectivity index (χ2v) is 4.67. The average molecular weight is 197 g/mol. The molecule has 0 bridgehead atoms. The van der Waals surface area contributed by atoms with Crippen LogP contribution in [-0.4, -0.2) is 37.2 Å². The monoisotopic (exact) mass is 197 g/mol. The molecule has 0 amide bonds. The predicted molar refractivity (Wildman–Crippen MR) is 58.4 cm³/mol. The van der Waals surface area contributed by atoms with Crippen molar-refractivity contribution in [1.82, 2.24) is 4.90 Å². The first-order valence-electron chi connectivity index (χ1n) is 6.23. The van der Waals surface area contributed by atoms with E-state index in [1.807, 2.05) is 0 Å². The Bertz CT molecular complexity index is 166. The zero-order chi connectivity index (χ0) is 9.80. The largest absolute Gasteiger partial charge is 0.379 e. The van der Waals surface area contributed by atoms with Crippen LogP contribution in [0.5, 0.6) is 0 Å². The van der Waals surface area contributed by atoms with Gasteiger partial charge in [-0.05, 0) is 18.8 Å². The molecule has 1 saturated heterocycles. The summed E-state index contributed by atoms with van der Waals surface area (Å²) >= 11 is 0. The SMILES string of the molecule is CCC1CCCCC1N1CCOCC1. The number of hydrogen-bond donors (Lipinski definition) is 0. The molecule has 2 rings (SSSR count). The Labute approximate surface area is 87.6 Å². The van der Waals surface area contributed by atoms with Crippen LogP contribution in [0.25, 0.3) is 0 Å². The normalized spacial score (nSPS) is 35.8. The van der Waals surface area contributed by atoms with Gasteiger partial charge >= 0.3 is 0 Å². The average Bonchev–Trinajstić information content (AvgIpc) is 2.30. The lowest BCUT2D eigenvalue weighted by Crippen LogP contribution is -2.47. The van der Waals surface area contributed by atoms with E-state index < -0.39 is 0 Å². The maximum absolute atomic E-state index is 5.42. The molecular weight excluding hydrogens is 174 g/mol. The third-order valence-corrected chi connectivity index (χ3v) is 3.91. The lowest BCUT2D eigenvalue weighted by atomic mass is 9.82. The molecule has 2 heteroatoms. The van der Waals surface area contributed by atoms with E-state index in [1.165, 1.54) is 45.2 Å². The Hall–Kier alpha value is -0.0800. The fraction of sp³-hybridized carbons (Fsp3) is 1.00. The van der Waals surface area contributed by atoms with Gasteiger partial charge in [0.15, 0.2) is 0 Å². The second-order valence-electron chi connectivity index (χ2n) is 4.67. The van der Waals surface area contributed by atoms with Crippen molar-refractivity contribution in [2.45, 2.75) is 45.1 Å². The smallest absolute Gasteiger partial charge is 0.0594 e. The first kappa shape index (κ1) is 10.4. The highest BCUT2D eigenvalue weighted by molar-refractivity contribution is 4.83. The number of morpholine rings is 1. The molecule has 0 aromatic carbocycles. The molecule has 1 aliphatic heterocycles. The zero-order valence-electron chi connectivity index (χ0n) is 9.37. The minimum Gasteiger partial charge on any atom is -0.379 e. The minimum atomic E-state index is 0.873. The molecule has 1 aliphatic carbocycles. The van der Waals surface area contributed by atoms with Gasteiger partial charge in [-0.15, -0.1) is 0 Å². The van der Waals surface area contributed by atoms with Crippen molar-refractivity contribution in [2.75, 3.05) is 26.3 Å². The molecule has 2 fully saturated rings. The molecule has 2 aliphatic rings. The standard InChI is InChI=1S/C12H23NO/c1-2-11-5-3-4-6-12(11)13-7-9-14-10-8-13/h11-12H,2-10H2,1H3. The maximum atomic E-state index is 5.42. The van der Waals surface area contributed by atoms with E-state index in [9.17, 15) is 0 Å². The molecule has 14 heavy (non-hydrogen) atoms. The molecule has 1 heterocycles. The van der Waals surface area contributed by atoms with Gasteiger partial charge in [-0.1, -0.05) is 26.2 Å². The van der Waals surface area contributed by atoms with E-state index >= 15 is 0 Å². The van der Waals surface area contributed by atoms with Gasteiger partial charge in [0.2, 0.25) is 0 Å². The molecular formula is C12H23NO. The molecule has 82 valence electrons. The molecule has 2 nitrogen and oxygen atoms in total. The first-order chi connectivity index (χ1) is 6.92. The topological polar surface area (TPSA) is 12.5 Å². The van der Waals surface area contributed by atoms with Crippen LogP contribution in [0.3, 0.4) is 0 Å².